The number of methoxy groups -OCH3 is 1. The number of nitrogens with zero attached hydrogens (tertiary/aromatic N) is 2. The predicted molar refractivity (Wildman–Crippen MR) is 108 cm³/mol. The highest BCUT2D eigenvalue weighted by atomic mass is 16.5. The number of nitrogens with one attached hydrogen (secondary N) is 1. The van der Waals surface area contributed by atoms with Crippen LogP contribution in [0.5, 0.6) is 0 Å². The van der Waals surface area contributed by atoms with Crippen molar-refractivity contribution in [1.29, 1.82) is 0 Å². The molecule has 0 atom stereocenters. The van der Waals surface area contributed by atoms with E-state index in [1.54, 1.807) is 47.5 Å². The normalized spacial score (nSPS) is 9.63. The molecule has 0 aliphatic heterocycles. The van der Waals surface area contributed by atoms with Crippen molar-refractivity contribution in [2.24, 2.45) is 0 Å². The molecule has 0 fully saturated rings. The van der Waals surface area contributed by atoms with Crippen LogP contribution in [0.3, 0.4) is 0 Å². The Morgan fingerprint density at radius 2 is 1.78 bits per heavy atom. The van der Waals surface area contributed by atoms with E-state index in [2.05, 4.69) is 15.0 Å². The van der Waals surface area contributed by atoms with Crippen LogP contribution in [0.15, 0.2) is 42.6 Å². The Balaban J connectivity index is 0.00000176. The number of benzene rings is 1. The van der Waals surface area contributed by atoms with Crippen LogP contribution in [0.1, 0.15) is 41.5 Å². The number of esters is 1. The molecule has 1 heterocycles. The quantitative estimate of drug-likeness (QED) is 0.725. The number of ether oxygens (including phenoxy) is 1. The first-order valence-electron chi connectivity index (χ1n) is 8.98. The smallest absolute Gasteiger partial charge is 0.337 e. The molecule has 2 aromatic rings. The van der Waals surface area contributed by atoms with Crippen molar-refractivity contribution in [3.05, 3.63) is 53.7 Å². The number of hydrogen-bond acceptors (Lipinski definition) is 6. The molecule has 7 heteroatoms. The number of anilines is 2. The molecule has 0 saturated heterocycles. The Labute approximate surface area is 160 Å². The standard InChI is InChI=1S/C18H22N4O3.C2H6/c1-3-22(12-11-21-16-15(19)5-4-10-20-16)17(23)13-6-8-14(9-7-13)18(24)25-2;1-2/h4-10H,3,11-12,19H2,1-2H3,(H,20,21);1-2H3. The number of amides is 1. The molecule has 7 nitrogen and oxygen atoms in total. The number of carbonyl (C=O) groups excluding carboxylic acids is 2. The number of aromatic nitrogens is 1. The summed E-state index contributed by atoms with van der Waals surface area (Å²) in [5.74, 6) is 0.0756. The highest BCUT2D eigenvalue weighted by molar-refractivity contribution is 5.96. The van der Waals surface area contributed by atoms with Crippen molar-refractivity contribution in [2.45, 2.75) is 20.8 Å². The molecule has 1 aromatic carbocycles. The number of carbonyl (C=O) groups is 2. The van der Waals surface area contributed by atoms with Crippen molar-refractivity contribution in [3.63, 3.8) is 0 Å². The number of hydrogen-bond donors (Lipinski definition) is 2. The van der Waals surface area contributed by atoms with Crippen LogP contribution in [-0.4, -0.2) is 48.5 Å². The molecule has 0 radical (unpaired) electrons. The number of rotatable bonds is 7. The maximum Gasteiger partial charge on any atom is 0.337 e. The summed E-state index contributed by atoms with van der Waals surface area (Å²) in [5.41, 5.74) is 7.32. The number of pyridine rings is 1. The first-order valence-corrected chi connectivity index (χ1v) is 8.98. The first-order chi connectivity index (χ1) is 13.1. The van der Waals surface area contributed by atoms with Crippen LogP contribution in [0, 0.1) is 0 Å². The van der Waals surface area contributed by atoms with Gasteiger partial charge in [0.25, 0.3) is 5.91 Å². The maximum absolute atomic E-state index is 12.6. The fraction of sp³-hybridized carbons (Fsp3) is 0.350. The molecule has 3 N–H and O–H groups in total. The van der Waals surface area contributed by atoms with Gasteiger partial charge in [0.2, 0.25) is 0 Å². The highest BCUT2D eigenvalue weighted by Crippen LogP contribution is 2.13. The maximum atomic E-state index is 12.6. The van der Waals surface area contributed by atoms with Gasteiger partial charge in [0, 0.05) is 31.4 Å². The lowest BCUT2D eigenvalue weighted by atomic mass is 10.1. The van der Waals surface area contributed by atoms with E-state index in [4.69, 9.17) is 5.73 Å². The molecule has 0 spiro atoms. The van der Waals surface area contributed by atoms with E-state index >= 15 is 0 Å². The van der Waals surface area contributed by atoms with Crippen LogP contribution in [-0.2, 0) is 4.74 Å². The van der Waals surface area contributed by atoms with Crippen LogP contribution < -0.4 is 11.1 Å². The molecule has 0 aliphatic rings. The lowest BCUT2D eigenvalue weighted by molar-refractivity contribution is 0.0600. The van der Waals surface area contributed by atoms with Crippen molar-refractivity contribution < 1.29 is 14.3 Å². The van der Waals surface area contributed by atoms with E-state index in [0.717, 1.165) is 0 Å². The van der Waals surface area contributed by atoms with Gasteiger partial charge >= 0.3 is 5.97 Å². The van der Waals surface area contributed by atoms with Gasteiger partial charge in [-0.3, -0.25) is 4.79 Å². The van der Waals surface area contributed by atoms with Gasteiger partial charge in [0.15, 0.2) is 0 Å². The summed E-state index contributed by atoms with van der Waals surface area (Å²) in [5, 5.41) is 3.12. The second kappa shape index (κ2) is 11.5. The second-order valence-electron chi connectivity index (χ2n) is 5.32. The summed E-state index contributed by atoms with van der Waals surface area (Å²) in [4.78, 5) is 29.9. The van der Waals surface area contributed by atoms with Crippen LogP contribution in [0.4, 0.5) is 11.5 Å². The monoisotopic (exact) mass is 372 g/mol. The summed E-state index contributed by atoms with van der Waals surface area (Å²) in [6, 6.07) is 9.95. The fourth-order valence-electron chi connectivity index (χ4n) is 2.33. The highest BCUT2D eigenvalue weighted by Gasteiger charge is 2.15. The van der Waals surface area contributed by atoms with Gasteiger partial charge < -0.3 is 20.7 Å². The van der Waals surface area contributed by atoms with E-state index < -0.39 is 5.97 Å². The van der Waals surface area contributed by atoms with E-state index in [1.165, 1.54) is 7.11 Å². The SMILES string of the molecule is CC.CCN(CCNc1ncccc1N)C(=O)c1ccc(C(=O)OC)cc1. The van der Waals surface area contributed by atoms with Crippen molar-refractivity contribution >= 4 is 23.4 Å². The van der Waals surface area contributed by atoms with Crippen LogP contribution in [0.25, 0.3) is 0 Å². The summed E-state index contributed by atoms with van der Waals surface area (Å²) >= 11 is 0. The Bertz CT molecular complexity index is 732. The number of nitrogens with two attached hydrogens (primary N) is 1. The van der Waals surface area contributed by atoms with Gasteiger partial charge in [-0.15, -0.1) is 0 Å². The Morgan fingerprint density at radius 3 is 2.33 bits per heavy atom. The average molecular weight is 372 g/mol. The predicted octanol–water partition coefficient (Wildman–Crippen LogP) is 3.05. The van der Waals surface area contributed by atoms with Crippen molar-refractivity contribution in [3.8, 4) is 0 Å². The zero-order chi connectivity index (χ0) is 20.2. The minimum Gasteiger partial charge on any atom is -0.465 e. The van der Waals surface area contributed by atoms with E-state index in [9.17, 15) is 9.59 Å². The van der Waals surface area contributed by atoms with E-state index in [1.807, 2.05) is 20.8 Å². The molecule has 0 saturated carbocycles. The largest absolute Gasteiger partial charge is 0.465 e. The summed E-state index contributed by atoms with van der Waals surface area (Å²) in [7, 11) is 1.32. The van der Waals surface area contributed by atoms with Crippen molar-refractivity contribution in [2.75, 3.05) is 37.8 Å². The molecule has 146 valence electrons. The fourth-order valence-corrected chi connectivity index (χ4v) is 2.33. The zero-order valence-corrected chi connectivity index (χ0v) is 16.4. The summed E-state index contributed by atoms with van der Waals surface area (Å²) < 4.78 is 4.65. The summed E-state index contributed by atoms with van der Waals surface area (Å²) in [6.45, 7) is 7.51. The minimum absolute atomic E-state index is 0.102. The molecule has 1 aromatic heterocycles. The molecule has 0 unspecified atom stereocenters. The third-order valence-corrected chi connectivity index (χ3v) is 3.73. The van der Waals surface area contributed by atoms with E-state index in [0.29, 0.717) is 42.3 Å². The third-order valence-electron chi connectivity index (χ3n) is 3.73. The van der Waals surface area contributed by atoms with Crippen LogP contribution >= 0.6 is 0 Å². The second-order valence-corrected chi connectivity index (χ2v) is 5.32. The van der Waals surface area contributed by atoms with Gasteiger partial charge in [-0.25, -0.2) is 9.78 Å². The van der Waals surface area contributed by atoms with Gasteiger partial charge in [-0.2, -0.15) is 0 Å². The van der Waals surface area contributed by atoms with Gasteiger partial charge in [-0.1, -0.05) is 13.8 Å². The molecule has 27 heavy (non-hydrogen) atoms. The summed E-state index contributed by atoms with van der Waals surface area (Å²) in [6.07, 6.45) is 1.66. The lowest BCUT2D eigenvalue weighted by Gasteiger charge is -2.21. The lowest BCUT2D eigenvalue weighted by Crippen LogP contribution is -2.35. The molecule has 2 rings (SSSR count). The number of nitrogen functional groups attached to an aromatic ring is 1. The van der Waals surface area contributed by atoms with Gasteiger partial charge in [0.1, 0.15) is 5.82 Å². The Hall–Kier alpha value is -3.09. The molecule has 0 aliphatic carbocycles. The Morgan fingerprint density at radius 1 is 1.15 bits per heavy atom. The third kappa shape index (κ3) is 6.29. The topological polar surface area (TPSA) is 97.5 Å². The first kappa shape index (κ1) is 22.0. The minimum atomic E-state index is -0.427. The van der Waals surface area contributed by atoms with Crippen molar-refractivity contribution in [1.82, 2.24) is 9.88 Å². The van der Waals surface area contributed by atoms with Gasteiger partial charge in [-0.05, 0) is 43.3 Å². The molecular weight excluding hydrogens is 344 g/mol. The van der Waals surface area contributed by atoms with Crippen LogP contribution in [0.2, 0.25) is 0 Å². The average Bonchev–Trinajstić information content (AvgIpc) is 2.73. The Kier molecular flexibility index (Phi) is 9.36. The molecule has 0 bridgehead atoms. The molecular formula is C20H28N4O3. The van der Waals surface area contributed by atoms with E-state index in [-0.39, 0.29) is 5.91 Å². The molecule has 1 amide bonds. The van der Waals surface area contributed by atoms with Gasteiger partial charge in [0.05, 0.1) is 18.4 Å². The number of likely N-dealkylation sites (N-methyl/N-ethyl adjacent to an activating group) is 1. The zero-order valence-electron chi connectivity index (χ0n) is 16.4.